The molecule has 4 nitrogen and oxygen atoms in total. The van der Waals surface area contributed by atoms with Gasteiger partial charge in [0.15, 0.2) is 0 Å². The van der Waals surface area contributed by atoms with Crippen molar-refractivity contribution in [1.82, 2.24) is 14.5 Å². The van der Waals surface area contributed by atoms with Gasteiger partial charge in [-0.25, -0.2) is 9.37 Å². The van der Waals surface area contributed by atoms with Crippen LogP contribution in [-0.4, -0.2) is 14.5 Å². The van der Waals surface area contributed by atoms with E-state index in [0.717, 1.165) is 46.5 Å². The van der Waals surface area contributed by atoms with Gasteiger partial charge in [0.2, 0.25) is 0 Å². The zero-order valence-corrected chi connectivity index (χ0v) is 16.9. The number of pyridine rings is 1. The molecular formula is C25H23FN4. The van der Waals surface area contributed by atoms with E-state index in [0.29, 0.717) is 17.4 Å². The molecule has 2 aromatic carbocycles. The van der Waals surface area contributed by atoms with E-state index < -0.39 is 0 Å². The first-order valence-corrected chi connectivity index (χ1v) is 10.3. The van der Waals surface area contributed by atoms with Crippen molar-refractivity contribution in [3.8, 4) is 11.4 Å². The van der Waals surface area contributed by atoms with Crippen LogP contribution in [0.2, 0.25) is 0 Å². The summed E-state index contributed by atoms with van der Waals surface area (Å²) < 4.78 is 16.9. The summed E-state index contributed by atoms with van der Waals surface area (Å²) in [4.78, 5) is 9.20. The lowest BCUT2D eigenvalue weighted by molar-refractivity contribution is 0.323. The average Bonchev–Trinajstić information content (AvgIpc) is 3.07. The first kappa shape index (κ1) is 18.6. The third kappa shape index (κ3) is 3.26. The summed E-state index contributed by atoms with van der Waals surface area (Å²) in [6, 6.07) is 17.4. The lowest BCUT2D eigenvalue weighted by atomic mass is 9.92. The van der Waals surface area contributed by atoms with E-state index in [1.165, 1.54) is 12.5 Å². The highest BCUT2D eigenvalue weighted by atomic mass is 19.1. The van der Waals surface area contributed by atoms with Crippen molar-refractivity contribution in [2.45, 2.75) is 32.2 Å². The highest BCUT2D eigenvalue weighted by Crippen LogP contribution is 2.39. The molecule has 1 N–H and O–H groups in total. The molecule has 1 saturated carbocycles. The number of anilines is 1. The minimum atomic E-state index is -0.238. The lowest BCUT2D eigenvalue weighted by Crippen LogP contribution is -2.18. The summed E-state index contributed by atoms with van der Waals surface area (Å²) in [6.45, 7) is 6.07. The number of hydrogen-bond acceptors (Lipinski definition) is 3. The van der Waals surface area contributed by atoms with Gasteiger partial charge in [0.05, 0.1) is 28.0 Å². The highest BCUT2D eigenvalue weighted by molar-refractivity contribution is 5.86. The molecule has 0 spiro atoms. The zero-order valence-electron chi connectivity index (χ0n) is 16.9. The molecule has 0 amide bonds. The van der Waals surface area contributed by atoms with Crippen LogP contribution in [0, 0.1) is 12.7 Å². The maximum atomic E-state index is 14.7. The number of benzene rings is 2. The number of aryl methyl sites for hydroxylation is 1. The molecule has 1 aliphatic rings. The molecule has 0 saturated heterocycles. The van der Waals surface area contributed by atoms with Crippen molar-refractivity contribution in [3.05, 3.63) is 84.4 Å². The number of fused-ring (bicyclic) bond motifs is 1. The first-order chi connectivity index (χ1) is 14.6. The van der Waals surface area contributed by atoms with Crippen LogP contribution in [0.15, 0.2) is 67.4 Å². The van der Waals surface area contributed by atoms with Crippen molar-refractivity contribution in [2.75, 3.05) is 5.32 Å². The molecule has 5 rings (SSSR count). The number of hydrogen-bond donors (Lipinski definition) is 1. The van der Waals surface area contributed by atoms with Crippen molar-refractivity contribution in [2.24, 2.45) is 0 Å². The number of aromatic nitrogens is 3. The van der Waals surface area contributed by atoms with Crippen LogP contribution in [0.4, 0.5) is 10.1 Å². The molecule has 30 heavy (non-hydrogen) atoms. The average molecular weight is 398 g/mol. The zero-order chi connectivity index (χ0) is 20.7. The molecule has 4 aromatic rings. The number of nitrogens with zero attached hydrogens (tertiary/aromatic N) is 3. The van der Waals surface area contributed by atoms with Gasteiger partial charge in [-0.1, -0.05) is 24.3 Å². The Morgan fingerprint density at radius 1 is 1.13 bits per heavy atom. The van der Waals surface area contributed by atoms with Crippen LogP contribution in [0.1, 0.15) is 36.6 Å². The molecule has 0 bridgehead atoms. The van der Waals surface area contributed by atoms with Gasteiger partial charge in [0.25, 0.3) is 0 Å². The number of rotatable bonds is 5. The molecule has 2 aromatic heterocycles. The van der Waals surface area contributed by atoms with E-state index in [9.17, 15) is 4.39 Å². The number of halogens is 1. The predicted octanol–water partition coefficient (Wildman–Crippen LogP) is 6.35. The van der Waals surface area contributed by atoms with E-state index in [2.05, 4.69) is 27.5 Å². The molecule has 1 aliphatic carbocycles. The van der Waals surface area contributed by atoms with Crippen LogP contribution >= 0.6 is 0 Å². The van der Waals surface area contributed by atoms with Crippen molar-refractivity contribution in [3.63, 3.8) is 0 Å². The molecule has 0 aliphatic heterocycles. The first-order valence-electron chi connectivity index (χ1n) is 10.3. The van der Waals surface area contributed by atoms with Gasteiger partial charge in [0, 0.05) is 17.9 Å². The van der Waals surface area contributed by atoms with Gasteiger partial charge in [-0.05, 0) is 68.7 Å². The predicted molar refractivity (Wildman–Crippen MR) is 120 cm³/mol. The Morgan fingerprint density at radius 3 is 2.73 bits per heavy atom. The molecule has 5 heteroatoms. The summed E-state index contributed by atoms with van der Waals surface area (Å²) in [5.74, 6) is 0.468. The fourth-order valence-electron chi connectivity index (χ4n) is 3.97. The summed E-state index contributed by atoms with van der Waals surface area (Å²) in [5, 5.41) is 3.32. The van der Waals surface area contributed by atoms with Crippen LogP contribution < -0.4 is 5.32 Å². The largest absolute Gasteiger partial charge is 0.354 e. The second-order valence-corrected chi connectivity index (χ2v) is 7.90. The topological polar surface area (TPSA) is 42.7 Å². The Labute approximate surface area is 175 Å². The minimum absolute atomic E-state index is 0.238. The van der Waals surface area contributed by atoms with Gasteiger partial charge in [-0.3, -0.25) is 4.98 Å². The Bertz CT molecular complexity index is 1240. The van der Waals surface area contributed by atoms with Crippen molar-refractivity contribution >= 4 is 22.4 Å². The summed E-state index contributed by atoms with van der Waals surface area (Å²) in [7, 11) is 0. The molecule has 0 radical (unpaired) electrons. The molecule has 0 unspecified atom stereocenters. The Kier molecular flexibility index (Phi) is 4.58. The molecule has 150 valence electrons. The van der Waals surface area contributed by atoms with Crippen LogP contribution in [0.3, 0.4) is 0 Å². The number of nitrogens with one attached hydrogen (secondary N) is 1. The Morgan fingerprint density at radius 2 is 2.00 bits per heavy atom. The monoisotopic (exact) mass is 398 g/mol. The van der Waals surface area contributed by atoms with Crippen LogP contribution in [0.5, 0.6) is 0 Å². The van der Waals surface area contributed by atoms with E-state index >= 15 is 0 Å². The summed E-state index contributed by atoms with van der Waals surface area (Å²) in [5.41, 5.74) is 5.85. The Balaban J connectivity index is 1.58. The molecule has 1 fully saturated rings. The van der Waals surface area contributed by atoms with E-state index in [1.54, 1.807) is 12.3 Å². The van der Waals surface area contributed by atoms with E-state index in [4.69, 9.17) is 4.98 Å². The maximum Gasteiger partial charge on any atom is 0.144 e. The number of imidazole rings is 1. The third-order valence-electron chi connectivity index (χ3n) is 5.76. The second kappa shape index (κ2) is 7.41. The van der Waals surface area contributed by atoms with Crippen LogP contribution in [0.25, 0.3) is 28.1 Å². The second-order valence-electron chi connectivity index (χ2n) is 7.90. The van der Waals surface area contributed by atoms with Crippen LogP contribution in [-0.2, 0) is 0 Å². The normalized spacial score (nSPS) is 13.9. The standard InChI is InChI=1S/C25H23FN4/c1-16-9-11-21(26)20(14-16)25-29-23-15-18(28-17(2)22-8-3-4-13-27-22)10-12-24(23)30(25)19-6-5-7-19/h3-4,8-15,19,28H,2,5-7H2,1H3. The fourth-order valence-corrected chi connectivity index (χ4v) is 3.97. The van der Waals surface area contributed by atoms with E-state index in [-0.39, 0.29) is 5.82 Å². The van der Waals surface area contributed by atoms with Gasteiger partial charge < -0.3 is 9.88 Å². The Hall–Kier alpha value is -3.47. The highest BCUT2D eigenvalue weighted by Gasteiger charge is 2.26. The quantitative estimate of drug-likeness (QED) is 0.426. The van der Waals surface area contributed by atoms with E-state index in [1.807, 2.05) is 43.3 Å². The minimum Gasteiger partial charge on any atom is -0.354 e. The van der Waals surface area contributed by atoms with Gasteiger partial charge in [0.1, 0.15) is 11.6 Å². The van der Waals surface area contributed by atoms with Gasteiger partial charge >= 0.3 is 0 Å². The van der Waals surface area contributed by atoms with Gasteiger partial charge in [-0.15, -0.1) is 0 Å². The summed E-state index contributed by atoms with van der Waals surface area (Å²) >= 11 is 0. The fraction of sp³-hybridized carbons (Fsp3) is 0.200. The molecule has 2 heterocycles. The van der Waals surface area contributed by atoms with Crippen molar-refractivity contribution in [1.29, 1.82) is 0 Å². The summed E-state index contributed by atoms with van der Waals surface area (Å²) in [6.07, 6.45) is 5.14. The molecular weight excluding hydrogens is 375 g/mol. The third-order valence-corrected chi connectivity index (χ3v) is 5.76. The van der Waals surface area contributed by atoms with Crippen molar-refractivity contribution < 1.29 is 4.39 Å². The smallest absolute Gasteiger partial charge is 0.144 e. The lowest BCUT2D eigenvalue weighted by Gasteiger charge is -2.29. The molecule has 0 atom stereocenters. The SMILES string of the molecule is C=C(Nc1ccc2c(c1)nc(-c1cc(C)ccc1F)n2C1CCC1)c1ccccn1. The van der Waals surface area contributed by atoms with Gasteiger partial charge in [-0.2, -0.15) is 0 Å². The maximum absolute atomic E-state index is 14.7.